The Morgan fingerprint density at radius 2 is 1.92 bits per heavy atom. The maximum absolute atomic E-state index is 13.1. The van der Waals surface area contributed by atoms with Gasteiger partial charge in [-0.1, -0.05) is 30.0 Å². The lowest BCUT2D eigenvalue weighted by molar-refractivity contribution is -0.123. The van der Waals surface area contributed by atoms with E-state index in [4.69, 9.17) is 9.47 Å². The summed E-state index contributed by atoms with van der Waals surface area (Å²) in [5.74, 6) is 0.245. The number of hydrogen-bond acceptors (Lipinski definition) is 9. The molecular weight excluding hydrogens is 526 g/mol. The highest BCUT2D eigenvalue weighted by molar-refractivity contribution is 8.00. The topological polar surface area (TPSA) is 124 Å². The standard InChI is InChI=1S/C26H31N5O5S2/c1-4-35-25(34)22-18-12-8-9-13-19(18)38-24(22)28-23(33)16(2)37-26-30-29-20(31(26)3)14-27-21(32)15-36-17-10-6-5-7-11-17/h5-7,10-11,16H,4,8-9,12-15H2,1-3H3,(H,27,32)(H,28,33). The van der Waals surface area contributed by atoms with Gasteiger partial charge in [-0.3, -0.25) is 9.59 Å². The third kappa shape index (κ3) is 6.73. The minimum absolute atomic E-state index is 0.111. The summed E-state index contributed by atoms with van der Waals surface area (Å²) in [5.41, 5.74) is 1.49. The molecule has 2 amide bonds. The zero-order valence-corrected chi connectivity index (χ0v) is 23.2. The van der Waals surface area contributed by atoms with E-state index in [1.54, 1.807) is 37.6 Å². The van der Waals surface area contributed by atoms with E-state index < -0.39 is 11.2 Å². The lowest BCUT2D eigenvalue weighted by Crippen LogP contribution is -2.29. The molecule has 0 saturated carbocycles. The zero-order chi connectivity index (χ0) is 27.1. The van der Waals surface area contributed by atoms with Crippen LogP contribution in [-0.4, -0.2) is 51.0 Å². The summed E-state index contributed by atoms with van der Waals surface area (Å²) in [6.07, 6.45) is 3.81. The van der Waals surface area contributed by atoms with E-state index in [0.29, 0.717) is 27.3 Å². The second kappa shape index (κ2) is 12.9. The number of benzene rings is 1. The largest absolute Gasteiger partial charge is 0.484 e. The first-order chi connectivity index (χ1) is 18.4. The van der Waals surface area contributed by atoms with Gasteiger partial charge in [0, 0.05) is 11.9 Å². The smallest absolute Gasteiger partial charge is 0.341 e. The number of para-hydroxylation sites is 1. The number of amides is 2. The molecule has 4 rings (SSSR count). The SMILES string of the molecule is CCOC(=O)c1c(NC(=O)C(C)Sc2nnc(CNC(=O)COc3ccccc3)n2C)sc2c1CCCC2. The molecule has 1 unspecified atom stereocenters. The van der Waals surface area contributed by atoms with E-state index in [9.17, 15) is 14.4 Å². The molecule has 2 heterocycles. The third-order valence-electron chi connectivity index (χ3n) is 6.02. The molecular formula is C26H31N5O5S2. The van der Waals surface area contributed by atoms with Crippen molar-refractivity contribution >= 4 is 45.9 Å². The van der Waals surface area contributed by atoms with Crippen molar-refractivity contribution in [3.05, 3.63) is 52.2 Å². The van der Waals surface area contributed by atoms with Crippen molar-refractivity contribution in [2.45, 2.75) is 56.5 Å². The van der Waals surface area contributed by atoms with Crippen LogP contribution < -0.4 is 15.4 Å². The molecule has 1 aromatic carbocycles. The van der Waals surface area contributed by atoms with Crippen LogP contribution in [0.15, 0.2) is 35.5 Å². The van der Waals surface area contributed by atoms with Crippen LogP contribution >= 0.6 is 23.1 Å². The molecule has 0 bridgehead atoms. The van der Waals surface area contributed by atoms with E-state index >= 15 is 0 Å². The number of esters is 1. The van der Waals surface area contributed by atoms with Gasteiger partial charge in [0.2, 0.25) is 5.91 Å². The average Bonchev–Trinajstić information content (AvgIpc) is 3.46. The second-order valence-electron chi connectivity index (χ2n) is 8.72. The van der Waals surface area contributed by atoms with Crippen molar-refractivity contribution in [2.24, 2.45) is 7.05 Å². The first-order valence-electron chi connectivity index (χ1n) is 12.5. The summed E-state index contributed by atoms with van der Waals surface area (Å²) in [4.78, 5) is 39.1. The maximum atomic E-state index is 13.1. The fraction of sp³-hybridized carbons (Fsp3) is 0.423. The highest BCUT2D eigenvalue weighted by Crippen LogP contribution is 2.39. The molecule has 3 aromatic rings. The Kier molecular flexibility index (Phi) is 9.40. The van der Waals surface area contributed by atoms with E-state index in [1.165, 1.54) is 23.1 Å². The minimum Gasteiger partial charge on any atom is -0.484 e. The van der Waals surface area contributed by atoms with Crippen LogP contribution in [0, 0.1) is 0 Å². The lowest BCUT2D eigenvalue weighted by Gasteiger charge is -2.13. The fourth-order valence-electron chi connectivity index (χ4n) is 3.99. The molecule has 2 aromatic heterocycles. The second-order valence-corrected chi connectivity index (χ2v) is 11.1. The van der Waals surface area contributed by atoms with Crippen molar-refractivity contribution in [1.82, 2.24) is 20.1 Å². The monoisotopic (exact) mass is 557 g/mol. The van der Waals surface area contributed by atoms with E-state index in [1.807, 2.05) is 18.2 Å². The molecule has 1 aliphatic carbocycles. The van der Waals surface area contributed by atoms with Crippen LogP contribution in [0.25, 0.3) is 0 Å². The molecule has 2 N–H and O–H groups in total. The van der Waals surface area contributed by atoms with Gasteiger partial charge in [-0.05, 0) is 57.2 Å². The van der Waals surface area contributed by atoms with Gasteiger partial charge in [0.05, 0.1) is 24.0 Å². The third-order valence-corrected chi connectivity index (χ3v) is 8.36. The number of thioether (sulfide) groups is 1. The molecule has 38 heavy (non-hydrogen) atoms. The molecule has 12 heteroatoms. The quantitative estimate of drug-likeness (QED) is 0.270. The molecule has 0 saturated heterocycles. The number of fused-ring (bicyclic) bond motifs is 1. The zero-order valence-electron chi connectivity index (χ0n) is 21.6. The van der Waals surface area contributed by atoms with Gasteiger partial charge < -0.3 is 24.7 Å². The molecule has 0 fully saturated rings. The van der Waals surface area contributed by atoms with Crippen LogP contribution in [0.1, 0.15) is 53.3 Å². The maximum Gasteiger partial charge on any atom is 0.341 e. The Morgan fingerprint density at radius 3 is 2.68 bits per heavy atom. The van der Waals surface area contributed by atoms with Gasteiger partial charge in [0.15, 0.2) is 17.6 Å². The van der Waals surface area contributed by atoms with Gasteiger partial charge >= 0.3 is 5.97 Å². The Morgan fingerprint density at radius 1 is 1.16 bits per heavy atom. The summed E-state index contributed by atoms with van der Waals surface area (Å²) in [7, 11) is 1.78. The Labute approximate surface area is 229 Å². The first kappa shape index (κ1) is 27.6. The van der Waals surface area contributed by atoms with Crippen molar-refractivity contribution in [1.29, 1.82) is 0 Å². The molecule has 0 radical (unpaired) electrons. The summed E-state index contributed by atoms with van der Waals surface area (Å²) < 4.78 is 12.5. The Balaban J connectivity index is 1.33. The number of carbonyl (C=O) groups excluding carboxylic acids is 3. The normalized spacial score (nSPS) is 13.3. The predicted octanol–water partition coefficient (Wildman–Crippen LogP) is 3.75. The Bertz CT molecular complexity index is 1290. The summed E-state index contributed by atoms with van der Waals surface area (Å²) in [6, 6.07) is 9.10. The minimum atomic E-state index is -0.506. The number of aryl methyl sites for hydroxylation is 1. The van der Waals surface area contributed by atoms with Crippen LogP contribution in [-0.2, 0) is 40.8 Å². The summed E-state index contributed by atoms with van der Waals surface area (Å²) in [6.45, 7) is 3.88. The van der Waals surface area contributed by atoms with E-state index in [2.05, 4.69) is 20.8 Å². The predicted molar refractivity (Wildman–Crippen MR) is 146 cm³/mol. The van der Waals surface area contributed by atoms with Gasteiger partial charge in [-0.25, -0.2) is 4.79 Å². The number of rotatable bonds is 11. The first-order valence-corrected chi connectivity index (χ1v) is 14.2. The van der Waals surface area contributed by atoms with Crippen LogP contribution in [0.4, 0.5) is 5.00 Å². The van der Waals surface area contributed by atoms with E-state index in [-0.39, 0.29) is 31.6 Å². The highest BCUT2D eigenvalue weighted by atomic mass is 32.2. The van der Waals surface area contributed by atoms with Crippen molar-refractivity contribution in [3.8, 4) is 5.75 Å². The molecule has 10 nitrogen and oxygen atoms in total. The van der Waals surface area contributed by atoms with Crippen molar-refractivity contribution < 1.29 is 23.9 Å². The number of nitrogens with zero attached hydrogens (tertiary/aromatic N) is 3. The number of hydrogen-bond donors (Lipinski definition) is 2. The number of carbonyl (C=O) groups is 3. The number of thiophene rings is 1. The fourth-order valence-corrected chi connectivity index (χ4v) is 6.11. The molecule has 1 atom stereocenters. The van der Waals surface area contributed by atoms with Gasteiger partial charge in [0.1, 0.15) is 10.8 Å². The van der Waals surface area contributed by atoms with Crippen LogP contribution in [0.3, 0.4) is 0 Å². The molecule has 0 aliphatic heterocycles. The molecule has 0 spiro atoms. The van der Waals surface area contributed by atoms with E-state index in [0.717, 1.165) is 36.1 Å². The van der Waals surface area contributed by atoms with Gasteiger partial charge in [-0.15, -0.1) is 21.5 Å². The van der Waals surface area contributed by atoms with Crippen LogP contribution in [0.5, 0.6) is 5.75 Å². The number of ether oxygens (including phenoxy) is 2. The van der Waals surface area contributed by atoms with Gasteiger partial charge in [0.25, 0.3) is 5.91 Å². The van der Waals surface area contributed by atoms with Crippen LogP contribution in [0.2, 0.25) is 0 Å². The van der Waals surface area contributed by atoms with Crippen molar-refractivity contribution in [3.63, 3.8) is 0 Å². The Hall–Kier alpha value is -3.38. The molecule has 202 valence electrons. The highest BCUT2D eigenvalue weighted by Gasteiger charge is 2.28. The summed E-state index contributed by atoms with van der Waals surface area (Å²) >= 11 is 2.71. The number of aromatic nitrogens is 3. The number of anilines is 1. The molecule has 1 aliphatic rings. The van der Waals surface area contributed by atoms with Gasteiger partial charge in [-0.2, -0.15) is 0 Å². The van der Waals surface area contributed by atoms with Crippen molar-refractivity contribution in [2.75, 3.05) is 18.5 Å². The number of nitrogens with one attached hydrogen (secondary N) is 2. The summed E-state index contributed by atoms with van der Waals surface area (Å²) in [5, 5.41) is 14.6. The lowest BCUT2D eigenvalue weighted by atomic mass is 9.95. The average molecular weight is 558 g/mol.